The molecular formula is C24H26ClN3O4S. The van der Waals surface area contributed by atoms with Gasteiger partial charge in [-0.05, 0) is 55.6 Å². The van der Waals surface area contributed by atoms with Crippen LogP contribution in [0.5, 0.6) is 5.75 Å². The molecule has 3 aromatic carbocycles. The highest BCUT2D eigenvalue weighted by Gasteiger charge is 2.22. The number of ether oxygens (including phenoxy) is 1. The Morgan fingerprint density at radius 2 is 1.67 bits per heavy atom. The molecule has 33 heavy (non-hydrogen) atoms. The molecule has 0 unspecified atom stereocenters. The van der Waals surface area contributed by atoms with Crippen molar-refractivity contribution in [2.24, 2.45) is 0 Å². The van der Waals surface area contributed by atoms with Crippen LogP contribution >= 0.6 is 11.6 Å². The number of carbonyl (C=O) groups is 1. The van der Waals surface area contributed by atoms with Crippen LogP contribution in [0.3, 0.4) is 0 Å². The molecule has 7 nitrogen and oxygen atoms in total. The lowest BCUT2D eigenvalue weighted by Gasteiger charge is -2.15. The normalized spacial score (nSPS) is 11.3. The zero-order valence-electron chi connectivity index (χ0n) is 18.6. The highest BCUT2D eigenvalue weighted by atomic mass is 35.5. The molecule has 0 saturated carbocycles. The summed E-state index contributed by atoms with van der Waals surface area (Å²) in [6.07, 6.45) is 0. The second-order valence-electron chi connectivity index (χ2n) is 7.64. The maximum absolute atomic E-state index is 13.0. The van der Waals surface area contributed by atoms with Gasteiger partial charge < -0.3 is 15.0 Å². The average molecular weight is 488 g/mol. The third-order valence-electron chi connectivity index (χ3n) is 4.88. The van der Waals surface area contributed by atoms with Crippen LogP contribution < -0.4 is 14.8 Å². The van der Waals surface area contributed by atoms with Crippen molar-refractivity contribution in [1.29, 1.82) is 0 Å². The first kappa shape index (κ1) is 24.6. The number of anilines is 1. The topological polar surface area (TPSA) is 87.7 Å². The van der Waals surface area contributed by atoms with E-state index >= 15 is 0 Å². The summed E-state index contributed by atoms with van der Waals surface area (Å²) in [7, 11) is 1.33. The Hall–Kier alpha value is -3.07. The largest absolute Gasteiger partial charge is 0.495 e. The summed E-state index contributed by atoms with van der Waals surface area (Å²) in [5.74, 6) is -0.0393. The van der Waals surface area contributed by atoms with E-state index in [2.05, 4.69) is 10.0 Å². The fourth-order valence-electron chi connectivity index (χ4n) is 3.28. The molecule has 0 saturated heterocycles. The summed E-state index contributed by atoms with van der Waals surface area (Å²) in [6, 6.07) is 18.6. The summed E-state index contributed by atoms with van der Waals surface area (Å²) in [5, 5.41) is 2.86. The van der Waals surface area contributed by atoms with Crippen LogP contribution in [0.15, 0.2) is 71.6 Å². The number of benzene rings is 3. The number of carbonyl (C=O) groups excluding carboxylic acids is 1. The number of nitrogens with zero attached hydrogens (tertiary/aromatic N) is 1. The SMILES string of the molecule is COc1ccccc1NS(=O)(=O)c1cc(C(=O)NCc2ccccc2CN(C)C)ccc1Cl. The van der Waals surface area contributed by atoms with E-state index in [0.717, 1.165) is 17.7 Å². The number of rotatable bonds is 9. The van der Waals surface area contributed by atoms with Crippen molar-refractivity contribution in [1.82, 2.24) is 10.2 Å². The first-order valence-corrected chi connectivity index (χ1v) is 12.0. The van der Waals surface area contributed by atoms with E-state index in [1.54, 1.807) is 24.3 Å². The molecule has 3 aromatic rings. The lowest BCUT2D eigenvalue weighted by atomic mass is 10.1. The van der Waals surface area contributed by atoms with Gasteiger partial charge in [0.15, 0.2) is 0 Å². The minimum absolute atomic E-state index is 0.00489. The zero-order valence-corrected chi connectivity index (χ0v) is 20.2. The first-order chi connectivity index (χ1) is 15.7. The quantitative estimate of drug-likeness (QED) is 0.473. The van der Waals surface area contributed by atoms with Gasteiger partial charge >= 0.3 is 0 Å². The lowest BCUT2D eigenvalue weighted by Crippen LogP contribution is -2.24. The summed E-state index contributed by atoms with van der Waals surface area (Å²) in [5.41, 5.74) is 2.54. The van der Waals surface area contributed by atoms with Crippen LogP contribution in [0.4, 0.5) is 5.69 Å². The number of amides is 1. The summed E-state index contributed by atoms with van der Waals surface area (Å²) < 4.78 is 33.7. The number of para-hydroxylation sites is 2. The molecule has 0 heterocycles. The highest BCUT2D eigenvalue weighted by Crippen LogP contribution is 2.29. The molecule has 2 N–H and O–H groups in total. The van der Waals surface area contributed by atoms with Crippen LogP contribution in [-0.2, 0) is 23.1 Å². The van der Waals surface area contributed by atoms with E-state index in [-0.39, 0.29) is 21.2 Å². The molecule has 0 aliphatic rings. The van der Waals surface area contributed by atoms with Crippen molar-refractivity contribution in [2.75, 3.05) is 25.9 Å². The Balaban J connectivity index is 1.80. The van der Waals surface area contributed by atoms with E-state index in [1.807, 2.05) is 43.3 Å². The van der Waals surface area contributed by atoms with Gasteiger partial charge in [0.25, 0.3) is 15.9 Å². The molecule has 3 rings (SSSR count). The minimum Gasteiger partial charge on any atom is -0.495 e. The Kier molecular flexibility index (Phi) is 7.97. The first-order valence-electron chi connectivity index (χ1n) is 10.2. The number of halogens is 1. The number of nitrogens with one attached hydrogen (secondary N) is 2. The van der Waals surface area contributed by atoms with Gasteiger partial charge in [-0.2, -0.15) is 0 Å². The maximum atomic E-state index is 13.0. The average Bonchev–Trinajstić information content (AvgIpc) is 2.78. The van der Waals surface area contributed by atoms with Crippen molar-refractivity contribution in [3.63, 3.8) is 0 Å². The number of sulfonamides is 1. The van der Waals surface area contributed by atoms with Crippen molar-refractivity contribution >= 4 is 33.2 Å². The van der Waals surface area contributed by atoms with Crippen LogP contribution in [0.2, 0.25) is 5.02 Å². The van der Waals surface area contributed by atoms with Gasteiger partial charge in [0.2, 0.25) is 0 Å². The number of methoxy groups -OCH3 is 1. The fraction of sp³-hybridized carbons (Fsp3) is 0.208. The third-order valence-corrected chi connectivity index (χ3v) is 6.73. The Morgan fingerprint density at radius 1 is 1.00 bits per heavy atom. The Morgan fingerprint density at radius 3 is 2.36 bits per heavy atom. The van der Waals surface area contributed by atoms with E-state index in [0.29, 0.717) is 12.3 Å². The van der Waals surface area contributed by atoms with E-state index in [4.69, 9.17) is 16.3 Å². The van der Waals surface area contributed by atoms with E-state index < -0.39 is 15.9 Å². The second kappa shape index (κ2) is 10.7. The van der Waals surface area contributed by atoms with Crippen LogP contribution in [0, 0.1) is 0 Å². The van der Waals surface area contributed by atoms with Crippen LogP contribution in [-0.4, -0.2) is 40.4 Å². The van der Waals surface area contributed by atoms with Crippen LogP contribution in [0.25, 0.3) is 0 Å². The van der Waals surface area contributed by atoms with E-state index in [9.17, 15) is 13.2 Å². The predicted molar refractivity (Wildman–Crippen MR) is 130 cm³/mol. The van der Waals surface area contributed by atoms with Gasteiger partial charge in [0, 0.05) is 18.7 Å². The third kappa shape index (κ3) is 6.25. The van der Waals surface area contributed by atoms with Gasteiger partial charge in [-0.15, -0.1) is 0 Å². The molecule has 0 aromatic heterocycles. The summed E-state index contributed by atoms with van der Waals surface area (Å²) >= 11 is 6.18. The van der Waals surface area contributed by atoms with Crippen LogP contribution in [0.1, 0.15) is 21.5 Å². The molecule has 0 bridgehead atoms. The number of hydrogen-bond acceptors (Lipinski definition) is 5. The molecule has 0 radical (unpaired) electrons. The Bertz CT molecular complexity index is 1250. The van der Waals surface area contributed by atoms with Crippen molar-refractivity contribution in [3.05, 3.63) is 88.4 Å². The Labute approximate surface area is 199 Å². The molecular weight excluding hydrogens is 462 g/mol. The molecule has 0 aliphatic heterocycles. The summed E-state index contributed by atoms with van der Waals surface area (Å²) in [6.45, 7) is 1.05. The standard InChI is InChI=1S/C24H26ClN3O4S/c1-28(2)16-19-9-5-4-8-18(19)15-26-24(29)17-12-13-20(25)23(14-17)33(30,31)27-21-10-6-7-11-22(21)32-3/h4-14,27H,15-16H2,1-3H3,(H,26,29). The molecule has 0 fully saturated rings. The lowest BCUT2D eigenvalue weighted by molar-refractivity contribution is 0.0950. The van der Waals surface area contributed by atoms with Crippen molar-refractivity contribution in [3.8, 4) is 5.75 Å². The van der Waals surface area contributed by atoms with Crippen molar-refractivity contribution in [2.45, 2.75) is 18.0 Å². The molecule has 1 amide bonds. The smallest absolute Gasteiger partial charge is 0.263 e. The minimum atomic E-state index is -4.07. The monoisotopic (exact) mass is 487 g/mol. The van der Waals surface area contributed by atoms with Gasteiger partial charge in [-0.25, -0.2) is 8.42 Å². The van der Waals surface area contributed by atoms with Gasteiger partial charge in [-0.1, -0.05) is 48.0 Å². The van der Waals surface area contributed by atoms with Crippen molar-refractivity contribution < 1.29 is 17.9 Å². The van der Waals surface area contributed by atoms with E-state index in [1.165, 1.54) is 25.3 Å². The molecule has 0 atom stereocenters. The zero-order chi connectivity index (χ0) is 24.0. The summed E-state index contributed by atoms with van der Waals surface area (Å²) in [4.78, 5) is 14.6. The molecule has 9 heteroatoms. The second-order valence-corrected chi connectivity index (χ2v) is 9.70. The number of hydrogen-bond donors (Lipinski definition) is 2. The molecule has 0 spiro atoms. The predicted octanol–water partition coefficient (Wildman–Crippen LogP) is 4.14. The highest BCUT2D eigenvalue weighted by molar-refractivity contribution is 7.92. The maximum Gasteiger partial charge on any atom is 0.263 e. The fourth-order valence-corrected chi connectivity index (χ4v) is 4.88. The molecule has 0 aliphatic carbocycles. The van der Waals surface area contributed by atoms with Gasteiger partial charge in [-0.3, -0.25) is 9.52 Å². The van der Waals surface area contributed by atoms with Gasteiger partial charge in [0.05, 0.1) is 17.8 Å². The van der Waals surface area contributed by atoms with Gasteiger partial charge in [0.1, 0.15) is 10.6 Å². The molecule has 174 valence electrons.